The average molecular weight is 447 g/mol. The highest BCUT2D eigenvalue weighted by atomic mass is 79.9. The molecule has 6 heteroatoms. The number of rotatable bonds is 2. The highest BCUT2D eigenvalue weighted by Crippen LogP contribution is 2.43. The van der Waals surface area contributed by atoms with Crippen molar-refractivity contribution in [3.05, 3.63) is 56.6 Å². The number of piperidine rings is 1. The molecule has 0 bridgehead atoms. The standard InChI is InChI=1S/C22H24BrFN2O2/c1-13-19(22(28)26-10-3-2-4-11-26)20(14-8-9-16(24)15(23)12-14)21-17(25-13)6-5-7-18(21)27/h8-9,12,20,25H,2-7,10-11H2,1H3. The monoisotopic (exact) mass is 446 g/mol. The molecule has 1 unspecified atom stereocenters. The first-order chi connectivity index (χ1) is 13.5. The molecule has 2 heterocycles. The van der Waals surface area contributed by atoms with Crippen LogP contribution in [0, 0.1) is 5.82 Å². The second-order valence-electron chi connectivity index (χ2n) is 7.79. The number of nitrogens with zero attached hydrogens (tertiary/aromatic N) is 1. The molecule has 4 nitrogen and oxygen atoms in total. The van der Waals surface area contributed by atoms with Gasteiger partial charge in [0.25, 0.3) is 5.91 Å². The summed E-state index contributed by atoms with van der Waals surface area (Å²) in [6.45, 7) is 3.40. The van der Waals surface area contributed by atoms with Crippen LogP contribution in [0.2, 0.25) is 0 Å². The van der Waals surface area contributed by atoms with E-state index in [9.17, 15) is 14.0 Å². The number of benzene rings is 1. The number of carbonyl (C=O) groups is 2. The molecule has 0 saturated carbocycles. The lowest BCUT2D eigenvalue weighted by Gasteiger charge is -2.37. The quantitative estimate of drug-likeness (QED) is 0.723. The second kappa shape index (κ2) is 7.82. The molecule has 1 aromatic carbocycles. The van der Waals surface area contributed by atoms with Gasteiger partial charge in [-0.15, -0.1) is 0 Å². The third kappa shape index (κ3) is 3.43. The van der Waals surface area contributed by atoms with Crippen LogP contribution in [0.25, 0.3) is 0 Å². The summed E-state index contributed by atoms with van der Waals surface area (Å²) in [7, 11) is 0. The van der Waals surface area contributed by atoms with E-state index < -0.39 is 5.92 Å². The summed E-state index contributed by atoms with van der Waals surface area (Å²) in [6, 6.07) is 4.79. The zero-order valence-corrected chi connectivity index (χ0v) is 17.6. The van der Waals surface area contributed by atoms with Crippen molar-refractivity contribution < 1.29 is 14.0 Å². The van der Waals surface area contributed by atoms with Crippen LogP contribution in [0.3, 0.4) is 0 Å². The minimum Gasteiger partial charge on any atom is -0.362 e. The molecule has 1 fully saturated rings. The van der Waals surface area contributed by atoms with Crippen molar-refractivity contribution >= 4 is 27.6 Å². The largest absolute Gasteiger partial charge is 0.362 e. The normalized spacial score (nSPS) is 22.9. The molecule has 4 rings (SSSR count). The first-order valence-electron chi connectivity index (χ1n) is 9.95. The molecule has 148 valence electrons. The van der Waals surface area contributed by atoms with Crippen LogP contribution in [0.1, 0.15) is 56.9 Å². The fourth-order valence-electron chi connectivity index (χ4n) is 4.56. The molecule has 1 atom stereocenters. The minimum atomic E-state index is -0.449. The molecule has 1 saturated heterocycles. The Morgan fingerprint density at radius 2 is 1.93 bits per heavy atom. The number of hydrogen-bond donors (Lipinski definition) is 1. The lowest BCUT2D eigenvalue weighted by atomic mass is 9.75. The average Bonchev–Trinajstić information content (AvgIpc) is 2.69. The molecular formula is C22H24BrFN2O2. The van der Waals surface area contributed by atoms with Gasteiger partial charge in [0.2, 0.25) is 0 Å². The Morgan fingerprint density at radius 3 is 2.64 bits per heavy atom. The third-order valence-electron chi connectivity index (χ3n) is 5.93. The Labute approximate surface area is 173 Å². The predicted octanol–water partition coefficient (Wildman–Crippen LogP) is 4.57. The molecule has 0 spiro atoms. The van der Waals surface area contributed by atoms with Gasteiger partial charge >= 0.3 is 0 Å². The molecule has 0 aromatic heterocycles. The number of likely N-dealkylation sites (tertiary alicyclic amines) is 1. The number of amides is 1. The fourth-order valence-corrected chi connectivity index (χ4v) is 4.96. The maximum Gasteiger partial charge on any atom is 0.252 e. The van der Waals surface area contributed by atoms with Gasteiger partial charge in [0.1, 0.15) is 5.82 Å². The van der Waals surface area contributed by atoms with Gasteiger partial charge in [-0.3, -0.25) is 9.59 Å². The van der Waals surface area contributed by atoms with Gasteiger partial charge in [-0.2, -0.15) is 0 Å². The predicted molar refractivity (Wildman–Crippen MR) is 109 cm³/mol. The molecule has 28 heavy (non-hydrogen) atoms. The van der Waals surface area contributed by atoms with Gasteiger partial charge in [0, 0.05) is 48.0 Å². The van der Waals surface area contributed by atoms with E-state index in [-0.39, 0.29) is 17.5 Å². The Kier molecular flexibility index (Phi) is 5.41. The number of carbonyl (C=O) groups excluding carboxylic acids is 2. The van der Waals surface area contributed by atoms with Gasteiger partial charge in [-0.1, -0.05) is 6.07 Å². The zero-order valence-electron chi connectivity index (χ0n) is 16.0. The molecule has 1 aromatic rings. The summed E-state index contributed by atoms with van der Waals surface area (Å²) in [5, 5.41) is 3.35. The lowest BCUT2D eigenvalue weighted by Crippen LogP contribution is -2.42. The van der Waals surface area contributed by atoms with Crippen LogP contribution in [0.4, 0.5) is 4.39 Å². The maximum absolute atomic E-state index is 13.9. The number of Topliss-reactive ketones (excluding diaryl/α,β-unsaturated/α-hetero) is 1. The van der Waals surface area contributed by atoms with Crippen LogP contribution in [0.5, 0.6) is 0 Å². The van der Waals surface area contributed by atoms with Crippen LogP contribution in [-0.4, -0.2) is 29.7 Å². The maximum atomic E-state index is 13.9. The number of allylic oxidation sites excluding steroid dienone is 3. The minimum absolute atomic E-state index is 0.0138. The van der Waals surface area contributed by atoms with Crippen molar-refractivity contribution in [2.45, 2.75) is 51.4 Å². The number of halogens is 2. The highest BCUT2D eigenvalue weighted by Gasteiger charge is 2.40. The van der Waals surface area contributed by atoms with Crippen molar-refractivity contribution in [3.63, 3.8) is 0 Å². The zero-order chi connectivity index (χ0) is 19.8. The fraction of sp³-hybridized carbons (Fsp3) is 0.455. The first-order valence-corrected chi connectivity index (χ1v) is 10.7. The van der Waals surface area contributed by atoms with E-state index in [1.165, 1.54) is 6.07 Å². The molecule has 1 amide bonds. The summed E-state index contributed by atoms with van der Waals surface area (Å²) >= 11 is 3.26. The van der Waals surface area contributed by atoms with E-state index in [1.54, 1.807) is 12.1 Å². The van der Waals surface area contributed by atoms with E-state index >= 15 is 0 Å². The van der Waals surface area contributed by atoms with Gasteiger partial charge < -0.3 is 10.2 Å². The third-order valence-corrected chi connectivity index (χ3v) is 6.53. The Morgan fingerprint density at radius 1 is 1.18 bits per heavy atom. The van der Waals surface area contributed by atoms with Gasteiger partial charge in [0.15, 0.2) is 5.78 Å². The number of nitrogens with one attached hydrogen (secondary N) is 1. The lowest BCUT2D eigenvalue weighted by molar-refractivity contribution is -0.128. The molecule has 1 aliphatic carbocycles. The number of ketones is 1. The highest BCUT2D eigenvalue weighted by molar-refractivity contribution is 9.10. The van der Waals surface area contributed by atoms with Crippen molar-refractivity contribution in [1.29, 1.82) is 0 Å². The topological polar surface area (TPSA) is 49.4 Å². The second-order valence-corrected chi connectivity index (χ2v) is 8.65. The smallest absolute Gasteiger partial charge is 0.252 e. The molecule has 2 aliphatic heterocycles. The van der Waals surface area contributed by atoms with Crippen molar-refractivity contribution in [1.82, 2.24) is 10.2 Å². The summed E-state index contributed by atoms with van der Waals surface area (Å²) < 4.78 is 14.2. The first kappa shape index (κ1) is 19.4. The van der Waals surface area contributed by atoms with Crippen LogP contribution in [-0.2, 0) is 9.59 Å². The van der Waals surface area contributed by atoms with E-state index in [0.717, 1.165) is 62.2 Å². The van der Waals surface area contributed by atoms with Gasteiger partial charge in [0.05, 0.1) is 4.47 Å². The van der Waals surface area contributed by atoms with Crippen LogP contribution >= 0.6 is 15.9 Å². The van der Waals surface area contributed by atoms with Crippen molar-refractivity contribution in [3.8, 4) is 0 Å². The summed E-state index contributed by atoms with van der Waals surface area (Å²) in [5.74, 6) is -0.738. The van der Waals surface area contributed by atoms with Gasteiger partial charge in [-0.05, 0) is 72.7 Å². The number of dihydropyridines is 1. The van der Waals surface area contributed by atoms with Crippen molar-refractivity contribution in [2.24, 2.45) is 0 Å². The van der Waals surface area contributed by atoms with Crippen LogP contribution < -0.4 is 5.32 Å². The molecule has 1 N–H and O–H groups in total. The Balaban J connectivity index is 1.83. The van der Waals surface area contributed by atoms with Crippen LogP contribution in [0.15, 0.2) is 45.2 Å². The Bertz CT molecular complexity index is 900. The molecule has 0 radical (unpaired) electrons. The van der Waals surface area contributed by atoms with Gasteiger partial charge in [-0.25, -0.2) is 4.39 Å². The van der Waals surface area contributed by atoms with E-state index in [0.29, 0.717) is 22.0 Å². The molecule has 3 aliphatic rings. The van der Waals surface area contributed by atoms with Crippen molar-refractivity contribution in [2.75, 3.05) is 13.1 Å². The van der Waals surface area contributed by atoms with E-state index in [4.69, 9.17) is 0 Å². The summed E-state index contributed by atoms with van der Waals surface area (Å²) in [4.78, 5) is 28.3. The molecular weight excluding hydrogens is 423 g/mol. The van der Waals surface area contributed by atoms with E-state index in [2.05, 4.69) is 21.2 Å². The number of hydrogen-bond acceptors (Lipinski definition) is 3. The SMILES string of the molecule is CC1=C(C(=O)N2CCCCC2)C(c2ccc(F)c(Br)c2)C2=C(CCCC2=O)N1. The van der Waals surface area contributed by atoms with E-state index in [1.807, 2.05) is 11.8 Å². The Hall–Kier alpha value is -1.95. The summed E-state index contributed by atoms with van der Waals surface area (Å²) in [6.07, 6.45) is 5.25. The summed E-state index contributed by atoms with van der Waals surface area (Å²) in [5.41, 5.74) is 3.78.